The van der Waals surface area contributed by atoms with Gasteiger partial charge < -0.3 is 5.32 Å². The second kappa shape index (κ2) is 9.44. The third kappa shape index (κ3) is 6.01. The zero-order valence-corrected chi connectivity index (χ0v) is 13.6. The summed E-state index contributed by atoms with van der Waals surface area (Å²) in [4.78, 5) is 0. The molecule has 1 N–H and O–H groups in total. The van der Waals surface area contributed by atoms with Crippen LogP contribution in [0.1, 0.15) is 45.1 Å². The summed E-state index contributed by atoms with van der Waals surface area (Å²) < 4.78 is 0.444. The fourth-order valence-corrected chi connectivity index (χ4v) is 3.22. The molecular formula is C17H29NS. The molecule has 0 saturated carbocycles. The van der Waals surface area contributed by atoms with Gasteiger partial charge in [0.25, 0.3) is 0 Å². The van der Waals surface area contributed by atoms with Crippen LogP contribution in [0.15, 0.2) is 30.3 Å². The second-order valence-corrected chi connectivity index (χ2v) is 6.49. The van der Waals surface area contributed by atoms with Crippen molar-refractivity contribution in [3.05, 3.63) is 35.9 Å². The van der Waals surface area contributed by atoms with Gasteiger partial charge in [-0.05, 0) is 50.5 Å². The molecule has 108 valence electrons. The highest BCUT2D eigenvalue weighted by atomic mass is 32.2. The van der Waals surface area contributed by atoms with Gasteiger partial charge in [-0.2, -0.15) is 11.8 Å². The molecule has 0 saturated heterocycles. The molecule has 0 aliphatic heterocycles. The highest BCUT2D eigenvalue weighted by Gasteiger charge is 2.23. The number of thioether (sulfide) groups is 1. The van der Waals surface area contributed by atoms with Gasteiger partial charge in [-0.15, -0.1) is 0 Å². The van der Waals surface area contributed by atoms with E-state index < -0.39 is 0 Å². The SMILES string of the molecule is CCC(CC)(CNCCCCc1ccccc1)SC. The van der Waals surface area contributed by atoms with E-state index in [-0.39, 0.29) is 0 Å². The first-order valence-electron chi connectivity index (χ1n) is 7.56. The molecule has 1 aromatic rings. The van der Waals surface area contributed by atoms with Crippen molar-refractivity contribution in [3.63, 3.8) is 0 Å². The third-order valence-corrected chi connectivity index (χ3v) is 5.67. The van der Waals surface area contributed by atoms with Crippen molar-refractivity contribution in [3.8, 4) is 0 Å². The number of unbranched alkanes of at least 4 members (excludes halogenated alkanes) is 1. The fraction of sp³-hybridized carbons (Fsp3) is 0.647. The van der Waals surface area contributed by atoms with Crippen LogP contribution in [0.2, 0.25) is 0 Å². The number of benzene rings is 1. The first kappa shape index (κ1) is 16.6. The molecule has 0 amide bonds. The minimum absolute atomic E-state index is 0.444. The summed E-state index contributed by atoms with van der Waals surface area (Å²) in [6.07, 6.45) is 8.50. The van der Waals surface area contributed by atoms with Crippen LogP contribution in [-0.2, 0) is 6.42 Å². The Morgan fingerprint density at radius 2 is 1.74 bits per heavy atom. The summed E-state index contributed by atoms with van der Waals surface area (Å²) in [5, 5.41) is 3.64. The van der Waals surface area contributed by atoms with E-state index in [1.165, 1.54) is 37.7 Å². The molecule has 0 bridgehead atoms. The molecule has 1 nitrogen and oxygen atoms in total. The Bertz CT molecular complexity index is 311. The molecule has 1 rings (SSSR count). The Morgan fingerprint density at radius 3 is 2.32 bits per heavy atom. The van der Waals surface area contributed by atoms with Gasteiger partial charge in [-0.25, -0.2) is 0 Å². The maximum absolute atomic E-state index is 3.64. The van der Waals surface area contributed by atoms with Crippen LogP contribution in [0.25, 0.3) is 0 Å². The average molecular weight is 279 g/mol. The van der Waals surface area contributed by atoms with Crippen LogP contribution >= 0.6 is 11.8 Å². The largest absolute Gasteiger partial charge is 0.315 e. The van der Waals surface area contributed by atoms with Crippen LogP contribution in [0.3, 0.4) is 0 Å². The Labute approximate surface area is 123 Å². The number of hydrogen-bond acceptors (Lipinski definition) is 2. The van der Waals surface area contributed by atoms with E-state index in [4.69, 9.17) is 0 Å². The summed E-state index contributed by atoms with van der Waals surface area (Å²) in [5.41, 5.74) is 1.46. The molecule has 0 aliphatic carbocycles. The van der Waals surface area contributed by atoms with Gasteiger partial charge in [0, 0.05) is 11.3 Å². The summed E-state index contributed by atoms with van der Waals surface area (Å²) in [6, 6.07) is 10.8. The lowest BCUT2D eigenvalue weighted by molar-refractivity contribution is 0.488. The lowest BCUT2D eigenvalue weighted by Gasteiger charge is -2.30. The van der Waals surface area contributed by atoms with Gasteiger partial charge in [-0.3, -0.25) is 0 Å². The quantitative estimate of drug-likeness (QED) is 0.632. The van der Waals surface area contributed by atoms with Gasteiger partial charge in [0.05, 0.1) is 0 Å². The minimum atomic E-state index is 0.444. The molecule has 2 heteroatoms. The molecule has 1 aromatic carbocycles. The first-order valence-corrected chi connectivity index (χ1v) is 8.78. The predicted octanol–water partition coefficient (Wildman–Crippen LogP) is 4.52. The van der Waals surface area contributed by atoms with Crippen molar-refractivity contribution in [1.29, 1.82) is 0 Å². The molecule has 0 aromatic heterocycles. The Kier molecular flexibility index (Phi) is 8.24. The smallest absolute Gasteiger partial charge is 0.0276 e. The van der Waals surface area contributed by atoms with Crippen molar-refractivity contribution in [2.45, 2.75) is 50.7 Å². The van der Waals surface area contributed by atoms with Crippen LogP contribution in [-0.4, -0.2) is 24.1 Å². The molecule has 0 spiro atoms. The van der Waals surface area contributed by atoms with Gasteiger partial charge in [0.1, 0.15) is 0 Å². The zero-order chi connectivity index (χ0) is 14.0. The molecule has 0 aliphatic rings. The Morgan fingerprint density at radius 1 is 1.05 bits per heavy atom. The Hall–Kier alpha value is -0.470. The standard InChI is InChI=1S/C17H29NS/c1-4-17(5-2,19-3)15-18-14-10-9-13-16-11-7-6-8-12-16/h6-8,11-12,18H,4-5,9-10,13-15H2,1-3H3. The van der Waals surface area contributed by atoms with Gasteiger partial charge >= 0.3 is 0 Å². The summed E-state index contributed by atoms with van der Waals surface area (Å²) in [6.45, 7) is 6.90. The number of hydrogen-bond donors (Lipinski definition) is 1. The van der Waals surface area contributed by atoms with Gasteiger partial charge in [-0.1, -0.05) is 44.2 Å². The minimum Gasteiger partial charge on any atom is -0.315 e. The lowest BCUT2D eigenvalue weighted by atomic mass is 10.0. The van der Waals surface area contributed by atoms with Crippen LogP contribution in [0, 0.1) is 0 Å². The number of rotatable bonds is 10. The van der Waals surface area contributed by atoms with Crippen molar-refractivity contribution < 1.29 is 0 Å². The van der Waals surface area contributed by atoms with E-state index in [0.717, 1.165) is 13.1 Å². The number of nitrogens with one attached hydrogen (secondary N) is 1. The molecule has 0 heterocycles. The maximum Gasteiger partial charge on any atom is 0.0276 e. The molecule has 0 unspecified atom stereocenters. The van der Waals surface area contributed by atoms with Crippen LogP contribution in [0.5, 0.6) is 0 Å². The highest BCUT2D eigenvalue weighted by Crippen LogP contribution is 2.29. The van der Waals surface area contributed by atoms with Crippen molar-refractivity contribution in [2.24, 2.45) is 0 Å². The molecule has 0 atom stereocenters. The normalized spacial score (nSPS) is 11.7. The predicted molar refractivity (Wildman–Crippen MR) is 89.1 cm³/mol. The monoisotopic (exact) mass is 279 g/mol. The average Bonchev–Trinajstić information content (AvgIpc) is 2.48. The summed E-state index contributed by atoms with van der Waals surface area (Å²) in [7, 11) is 0. The van der Waals surface area contributed by atoms with E-state index >= 15 is 0 Å². The molecule has 0 radical (unpaired) electrons. The summed E-state index contributed by atoms with van der Waals surface area (Å²) >= 11 is 2.02. The van der Waals surface area contributed by atoms with E-state index in [1.54, 1.807) is 0 Å². The summed E-state index contributed by atoms with van der Waals surface area (Å²) in [5.74, 6) is 0. The van der Waals surface area contributed by atoms with Crippen molar-refractivity contribution in [1.82, 2.24) is 5.32 Å². The lowest BCUT2D eigenvalue weighted by Crippen LogP contribution is -2.37. The van der Waals surface area contributed by atoms with Gasteiger partial charge in [0.15, 0.2) is 0 Å². The second-order valence-electron chi connectivity index (χ2n) is 5.21. The van der Waals surface area contributed by atoms with Crippen molar-refractivity contribution >= 4 is 11.8 Å². The molecule has 19 heavy (non-hydrogen) atoms. The maximum atomic E-state index is 3.64. The van der Waals surface area contributed by atoms with E-state index in [1.807, 2.05) is 11.8 Å². The first-order chi connectivity index (χ1) is 9.26. The van der Waals surface area contributed by atoms with Crippen LogP contribution < -0.4 is 5.32 Å². The zero-order valence-electron chi connectivity index (χ0n) is 12.7. The van der Waals surface area contributed by atoms with Gasteiger partial charge in [0.2, 0.25) is 0 Å². The molecule has 0 fully saturated rings. The van der Waals surface area contributed by atoms with Crippen LogP contribution in [0.4, 0.5) is 0 Å². The Balaban J connectivity index is 2.11. The topological polar surface area (TPSA) is 12.0 Å². The van der Waals surface area contributed by atoms with E-state index in [2.05, 4.69) is 55.8 Å². The fourth-order valence-electron chi connectivity index (χ4n) is 2.40. The number of aryl methyl sites for hydroxylation is 1. The van der Waals surface area contributed by atoms with E-state index in [0.29, 0.717) is 4.75 Å². The third-order valence-electron chi connectivity index (χ3n) is 4.08. The highest BCUT2D eigenvalue weighted by molar-refractivity contribution is 8.00. The van der Waals surface area contributed by atoms with Crippen molar-refractivity contribution in [2.75, 3.05) is 19.3 Å². The molecular weight excluding hydrogens is 250 g/mol. The van der Waals surface area contributed by atoms with E-state index in [9.17, 15) is 0 Å².